The number of likely N-dealkylation sites (N-methyl/N-ethyl adjacent to an activating group) is 1. The highest BCUT2D eigenvalue weighted by Crippen LogP contribution is 2.61. The molecule has 0 bridgehead atoms. The molecular weight excluding hydrogens is 238 g/mol. The quantitative estimate of drug-likeness (QED) is 0.779. The number of nitrogens with zero attached hydrogens (tertiary/aromatic N) is 1. The van der Waals surface area contributed by atoms with E-state index in [0.29, 0.717) is 5.92 Å². The summed E-state index contributed by atoms with van der Waals surface area (Å²) in [4.78, 5) is 2.39. The molecule has 19 heavy (non-hydrogen) atoms. The first-order valence-electron chi connectivity index (χ1n) is 6.94. The van der Waals surface area contributed by atoms with Crippen LogP contribution in [0.2, 0.25) is 0 Å². The van der Waals surface area contributed by atoms with Gasteiger partial charge in [-0.2, -0.15) is 0 Å². The molecule has 1 saturated heterocycles. The van der Waals surface area contributed by atoms with E-state index in [1.165, 1.54) is 11.1 Å². The molecule has 0 spiro atoms. The Hall–Kier alpha value is -0.900. The number of benzene rings is 1. The summed E-state index contributed by atoms with van der Waals surface area (Å²) < 4.78 is 11.6. The molecule has 0 unspecified atom stereocenters. The Morgan fingerprint density at radius 2 is 1.79 bits per heavy atom. The second kappa shape index (κ2) is 4.30. The molecule has 2 atom stereocenters. The van der Waals surface area contributed by atoms with E-state index in [1.807, 2.05) is 0 Å². The van der Waals surface area contributed by atoms with Crippen LogP contribution in [0.15, 0.2) is 24.3 Å². The number of hydrogen-bond donors (Lipinski definition) is 0. The molecule has 3 heteroatoms. The first-order chi connectivity index (χ1) is 9.08. The Morgan fingerprint density at radius 3 is 2.32 bits per heavy atom. The first-order valence-corrected chi connectivity index (χ1v) is 6.94. The molecule has 2 fully saturated rings. The summed E-state index contributed by atoms with van der Waals surface area (Å²) in [5, 5.41) is 0. The Balaban J connectivity index is 2.08. The minimum Gasteiger partial charge on any atom is -0.352 e. The molecule has 0 aromatic heterocycles. The van der Waals surface area contributed by atoms with Crippen LogP contribution in [0.3, 0.4) is 0 Å². The second-order valence-electron chi connectivity index (χ2n) is 6.10. The number of ether oxygens (including phenoxy) is 2. The third kappa shape index (κ3) is 1.55. The maximum absolute atomic E-state index is 5.82. The van der Waals surface area contributed by atoms with Crippen molar-refractivity contribution in [2.45, 2.75) is 24.5 Å². The Kier molecular flexibility index (Phi) is 2.97. The van der Waals surface area contributed by atoms with E-state index in [9.17, 15) is 0 Å². The molecule has 0 radical (unpaired) electrons. The monoisotopic (exact) mass is 261 g/mol. The lowest BCUT2D eigenvalue weighted by Crippen LogP contribution is -2.68. The number of hydrogen-bond acceptors (Lipinski definition) is 3. The minimum atomic E-state index is -0.461. The topological polar surface area (TPSA) is 21.7 Å². The molecule has 0 N–H and O–H groups in total. The van der Waals surface area contributed by atoms with Gasteiger partial charge in [-0.3, -0.25) is 0 Å². The van der Waals surface area contributed by atoms with Gasteiger partial charge in [-0.25, -0.2) is 0 Å². The Bertz CT molecular complexity index is 466. The van der Waals surface area contributed by atoms with Crippen LogP contribution in [0.5, 0.6) is 0 Å². The van der Waals surface area contributed by atoms with Gasteiger partial charge in [-0.15, -0.1) is 0 Å². The molecule has 104 valence electrons. The maximum Gasteiger partial charge on any atom is 0.179 e. The summed E-state index contributed by atoms with van der Waals surface area (Å²) in [6.45, 7) is 4.26. The molecule has 2 aliphatic rings. The third-order valence-corrected chi connectivity index (χ3v) is 5.17. The summed E-state index contributed by atoms with van der Waals surface area (Å²) in [7, 11) is 5.73. The smallest absolute Gasteiger partial charge is 0.179 e. The summed E-state index contributed by atoms with van der Waals surface area (Å²) in [6.07, 6.45) is 0.984. The maximum atomic E-state index is 5.82. The van der Waals surface area contributed by atoms with E-state index in [4.69, 9.17) is 9.47 Å². The van der Waals surface area contributed by atoms with Crippen LogP contribution >= 0.6 is 0 Å². The number of rotatable bonds is 3. The highest BCUT2D eigenvalue weighted by Gasteiger charge is 2.70. The van der Waals surface area contributed by atoms with E-state index in [-0.39, 0.29) is 5.41 Å². The zero-order chi connectivity index (χ0) is 13.7. The highest BCUT2D eigenvalue weighted by atomic mass is 16.7. The standard InChI is InChI=1S/C16H23NO2/c1-12-5-7-13(8-6-12)15-11-17(2)10-14(15)9-16(15,18-3)19-4/h5-8,14H,9-11H2,1-4H3/t14-,15-/m1/s1. The van der Waals surface area contributed by atoms with Gasteiger partial charge in [0, 0.05) is 33.7 Å². The molecule has 1 saturated carbocycles. The van der Waals surface area contributed by atoms with E-state index in [2.05, 4.69) is 43.1 Å². The zero-order valence-electron chi connectivity index (χ0n) is 12.3. The van der Waals surface area contributed by atoms with Gasteiger partial charge in [0.2, 0.25) is 0 Å². The fourth-order valence-electron chi connectivity index (χ4n) is 4.21. The molecule has 1 heterocycles. The van der Waals surface area contributed by atoms with Crippen molar-refractivity contribution in [3.63, 3.8) is 0 Å². The molecule has 3 nitrogen and oxygen atoms in total. The first kappa shape index (κ1) is 13.1. The third-order valence-electron chi connectivity index (χ3n) is 5.17. The number of likely N-dealkylation sites (tertiary alicyclic amines) is 1. The van der Waals surface area contributed by atoms with Crippen molar-refractivity contribution < 1.29 is 9.47 Å². The number of fused-ring (bicyclic) bond motifs is 1. The lowest BCUT2D eigenvalue weighted by molar-refractivity contribution is -0.314. The van der Waals surface area contributed by atoms with Crippen molar-refractivity contribution in [1.29, 1.82) is 0 Å². The molecular formula is C16H23NO2. The van der Waals surface area contributed by atoms with Crippen molar-refractivity contribution in [2.24, 2.45) is 5.92 Å². The van der Waals surface area contributed by atoms with Crippen molar-refractivity contribution in [3.8, 4) is 0 Å². The Labute approximate surface area is 115 Å². The average Bonchev–Trinajstić information content (AvgIpc) is 2.67. The molecule has 0 amide bonds. The van der Waals surface area contributed by atoms with Gasteiger partial charge in [-0.1, -0.05) is 29.8 Å². The summed E-state index contributed by atoms with van der Waals surface area (Å²) in [5.74, 6) is 0.164. The molecule has 1 aromatic rings. The Morgan fingerprint density at radius 1 is 1.16 bits per heavy atom. The van der Waals surface area contributed by atoms with Crippen LogP contribution < -0.4 is 0 Å². The van der Waals surface area contributed by atoms with Gasteiger partial charge < -0.3 is 14.4 Å². The van der Waals surface area contributed by atoms with Gasteiger partial charge in [-0.05, 0) is 25.5 Å². The largest absolute Gasteiger partial charge is 0.352 e. The minimum absolute atomic E-state index is 0.0149. The van der Waals surface area contributed by atoms with Gasteiger partial charge in [0.05, 0.1) is 5.41 Å². The van der Waals surface area contributed by atoms with Gasteiger partial charge in [0.15, 0.2) is 5.79 Å². The molecule has 1 aliphatic heterocycles. The number of methoxy groups -OCH3 is 2. The summed E-state index contributed by atoms with van der Waals surface area (Å²) >= 11 is 0. The predicted octanol–water partition coefficient (Wildman–Crippen LogP) is 2.19. The fourth-order valence-corrected chi connectivity index (χ4v) is 4.21. The highest BCUT2D eigenvalue weighted by molar-refractivity contribution is 5.39. The van der Waals surface area contributed by atoms with Gasteiger partial charge in [0.1, 0.15) is 0 Å². The molecule has 1 aromatic carbocycles. The van der Waals surface area contributed by atoms with Gasteiger partial charge >= 0.3 is 0 Å². The van der Waals surface area contributed by atoms with E-state index < -0.39 is 5.79 Å². The number of aryl methyl sites for hydroxylation is 1. The lowest BCUT2D eigenvalue weighted by Gasteiger charge is -2.59. The van der Waals surface area contributed by atoms with Crippen LogP contribution in [0.4, 0.5) is 0 Å². The summed E-state index contributed by atoms with van der Waals surface area (Å²) in [5.41, 5.74) is 2.63. The van der Waals surface area contributed by atoms with Crippen molar-refractivity contribution >= 4 is 0 Å². The van der Waals surface area contributed by atoms with E-state index in [0.717, 1.165) is 19.5 Å². The predicted molar refractivity (Wildman–Crippen MR) is 75.2 cm³/mol. The van der Waals surface area contributed by atoms with Crippen LogP contribution in [-0.2, 0) is 14.9 Å². The van der Waals surface area contributed by atoms with Gasteiger partial charge in [0.25, 0.3) is 0 Å². The molecule has 1 aliphatic carbocycles. The normalized spacial score (nSPS) is 32.9. The van der Waals surface area contributed by atoms with Crippen molar-refractivity contribution in [2.75, 3.05) is 34.4 Å². The molecule has 3 rings (SSSR count). The SMILES string of the molecule is COC1(OC)C[C@@H]2CN(C)C[C@@]21c1ccc(C)cc1. The fraction of sp³-hybridized carbons (Fsp3) is 0.625. The van der Waals surface area contributed by atoms with Crippen LogP contribution in [0.1, 0.15) is 17.5 Å². The van der Waals surface area contributed by atoms with Crippen LogP contribution in [0, 0.1) is 12.8 Å². The van der Waals surface area contributed by atoms with E-state index >= 15 is 0 Å². The average molecular weight is 261 g/mol. The van der Waals surface area contributed by atoms with Crippen LogP contribution in [0.25, 0.3) is 0 Å². The van der Waals surface area contributed by atoms with Crippen molar-refractivity contribution in [3.05, 3.63) is 35.4 Å². The second-order valence-corrected chi connectivity index (χ2v) is 6.10. The van der Waals surface area contributed by atoms with E-state index in [1.54, 1.807) is 14.2 Å². The lowest BCUT2D eigenvalue weighted by atomic mass is 9.53. The summed E-state index contributed by atoms with van der Waals surface area (Å²) in [6, 6.07) is 8.86. The van der Waals surface area contributed by atoms with Crippen molar-refractivity contribution in [1.82, 2.24) is 4.90 Å². The van der Waals surface area contributed by atoms with Crippen LogP contribution in [-0.4, -0.2) is 45.0 Å². The zero-order valence-corrected chi connectivity index (χ0v) is 12.3.